The maximum Gasteiger partial charge on any atom is 0.203 e. The molecule has 2 aliphatic carbocycles. The van der Waals surface area contributed by atoms with Crippen LogP contribution in [0.2, 0.25) is 0 Å². The van der Waals surface area contributed by atoms with E-state index in [1.54, 1.807) is 21.3 Å². The summed E-state index contributed by atoms with van der Waals surface area (Å²) in [5.41, 5.74) is 1.12. The van der Waals surface area contributed by atoms with E-state index in [4.69, 9.17) is 23.9 Å². The third-order valence-electron chi connectivity index (χ3n) is 6.82. The number of aliphatic imine (C=N–C) groups is 1. The third kappa shape index (κ3) is 3.92. The van der Waals surface area contributed by atoms with Crippen LogP contribution in [-0.4, -0.2) is 52.6 Å². The lowest BCUT2D eigenvalue weighted by Gasteiger charge is -2.57. The van der Waals surface area contributed by atoms with E-state index in [0.717, 1.165) is 24.7 Å². The quantitative estimate of drug-likeness (QED) is 0.328. The van der Waals surface area contributed by atoms with Gasteiger partial charge in [0.05, 0.1) is 27.4 Å². The normalized spacial score (nSPS) is 26.4. The van der Waals surface area contributed by atoms with Crippen molar-refractivity contribution in [1.29, 1.82) is 0 Å². The van der Waals surface area contributed by atoms with Gasteiger partial charge in [0.15, 0.2) is 17.5 Å². The van der Waals surface area contributed by atoms with Crippen molar-refractivity contribution in [3.05, 3.63) is 12.1 Å². The zero-order valence-electron chi connectivity index (χ0n) is 18.3. The van der Waals surface area contributed by atoms with Crippen molar-refractivity contribution in [2.75, 3.05) is 39.8 Å². The molecule has 4 rings (SSSR count). The van der Waals surface area contributed by atoms with Gasteiger partial charge in [-0.2, -0.15) is 0 Å². The van der Waals surface area contributed by atoms with Gasteiger partial charge in [0.25, 0.3) is 0 Å². The second kappa shape index (κ2) is 9.80. The van der Waals surface area contributed by atoms with Crippen LogP contribution in [0.3, 0.4) is 0 Å². The maximum atomic E-state index is 6.12. The van der Waals surface area contributed by atoms with Crippen LogP contribution >= 0.6 is 24.0 Å². The Labute approximate surface area is 196 Å². The van der Waals surface area contributed by atoms with Crippen molar-refractivity contribution >= 4 is 35.6 Å². The zero-order valence-corrected chi connectivity index (χ0v) is 20.7. The molecule has 1 spiro atoms. The van der Waals surface area contributed by atoms with E-state index >= 15 is 0 Å². The first kappa shape index (κ1) is 23.2. The molecule has 2 saturated carbocycles. The molecule has 1 heterocycles. The lowest BCUT2D eigenvalue weighted by Crippen LogP contribution is -2.68. The summed E-state index contributed by atoms with van der Waals surface area (Å²) in [6, 6.07) is 4.22. The summed E-state index contributed by atoms with van der Waals surface area (Å²) < 4.78 is 22.5. The van der Waals surface area contributed by atoms with Crippen LogP contribution in [0.25, 0.3) is 0 Å². The lowest BCUT2D eigenvalue weighted by molar-refractivity contribution is -0.124. The van der Waals surface area contributed by atoms with E-state index in [0.29, 0.717) is 41.9 Å². The monoisotopic (exact) mass is 531 g/mol. The van der Waals surface area contributed by atoms with Gasteiger partial charge in [-0.1, -0.05) is 12.8 Å². The van der Waals surface area contributed by atoms with Gasteiger partial charge in [-0.25, -0.2) is 0 Å². The minimum absolute atomic E-state index is 0. The summed E-state index contributed by atoms with van der Waals surface area (Å²) in [4.78, 5) is 4.70. The fourth-order valence-corrected chi connectivity index (χ4v) is 5.62. The van der Waals surface area contributed by atoms with Crippen molar-refractivity contribution < 1.29 is 18.9 Å². The van der Waals surface area contributed by atoms with Crippen molar-refractivity contribution in [1.82, 2.24) is 5.32 Å². The largest absolute Gasteiger partial charge is 0.493 e. The minimum Gasteiger partial charge on any atom is -0.493 e. The summed E-state index contributed by atoms with van der Waals surface area (Å²) in [5, 5.41) is 7.21. The molecule has 0 bridgehead atoms. The van der Waals surface area contributed by atoms with E-state index in [1.165, 1.54) is 25.7 Å². The molecule has 2 N–H and O–H groups in total. The Morgan fingerprint density at radius 3 is 2.37 bits per heavy atom. The predicted octanol–water partition coefficient (Wildman–Crippen LogP) is 4.06. The third-order valence-corrected chi connectivity index (χ3v) is 6.82. The molecule has 3 atom stereocenters. The summed E-state index contributed by atoms with van der Waals surface area (Å²) in [7, 11) is 4.86. The van der Waals surface area contributed by atoms with Gasteiger partial charge < -0.3 is 29.6 Å². The first-order valence-electron chi connectivity index (χ1n) is 10.7. The number of methoxy groups -OCH3 is 3. The topological polar surface area (TPSA) is 73.3 Å². The molecule has 1 saturated heterocycles. The number of fused-ring (bicyclic) bond motifs is 2. The highest BCUT2D eigenvalue weighted by Gasteiger charge is 2.65. The minimum atomic E-state index is 0. The number of rotatable bonds is 6. The lowest BCUT2D eigenvalue weighted by atomic mass is 9.54. The van der Waals surface area contributed by atoms with Crippen LogP contribution in [-0.2, 0) is 4.74 Å². The van der Waals surface area contributed by atoms with Crippen LogP contribution < -0.4 is 24.8 Å². The first-order chi connectivity index (χ1) is 14.2. The molecule has 3 aliphatic rings. The SMILES string of the molecule is CCN=C(Nc1cc(OC)c(OC)c(OC)c1)NC1C2CCOC2C12CCCC2.I. The molecular weight excluding hydrogens is 497 g/mol. The summed E-state index contributed by atoms with van der Waals surface area (Å²) in [5.74, 6) is 3.19. The number of benzene rings is 1. The fraction of sp³-hybridized carbons (Fsp3) is 0.682. The highest BCUT2D eigenvalue weighted by atomic mass is 127. The molecule has 1 aliphatic heterocycles. The molecule has 30 heavy (non-hydrogen) atoms. The Hall–Kier alpha value is -1.42. The molecule has 7 nitrogen and oxygen atoms in total. The van der Waals surface area contributed by atoms with E-state index in [-0.39, 0.29) is 29.4 Å². The average molecular weight is 531 g/mol. The molecule has 3 unspecified atom stereocenters. The van der Waals surface area contributed by atoms with Gasteiger partial charge in [-0.3, -0.25) is 4.99 Å². The Kier molecular flexibility index (Phi) is 7.60. The van der Waals surface area contributed by atoms with Crippen molar-refractivity contribution in [2.24, 2.45) is 16.3 Å². The number of hydrogen-bond donors (Lipinski definition) is 2. The number of halogens is 1. The Morgan fingerprint density at radius 1 is 1.13 bits per heavy atom. The predicted molar refractivity (Wildman–Crippen MR) is 129 cm³/mol. The highest BCUT2D eigenvalue weighted by Crippen LogP contribution is 2.60. The second-order valence-electron chi connectivity index (χ2n) is 8.17. The van der Waals surface area contributed by atoms with E-state index in [9.17, 15) is 0 Å². The number of nitrogens with zero attached hydrogens (tertiary/aromatic N) is 1. The first-order valence-corrected chi connectivity index (χ1v) is 10.7. The smallest absolute Gasteiger partial charge is 0.203 e. The number of anilines is 1. The summed E-state index contributed by atoms with van der Waals surface area (Å²) in [6.07, 6.45) is 6.64. The summed E-state index contributed by atoms with van der Waals surface area (Å²) >= 11 is 0. The maximum absolute atomic E-state index is 6.12. The van der Waals surface area contributed by atoms with E-state index in [1.807, 2.05) is 19.1 Å². The van der Waals surface area contributed by atoms with Crippen molar-refractivity contribution in [3.8, 4) is 17.2 Å². The van der Waals surface area contributed by atoms with E-state index < -0.39 is 0 Å². The highest BCUT2D eigenvalue weighted by molar-refractivity contribution is 14.0. The average Bonchev–Trinajstić information content (AvgIpc) is 3.40. The molecule has 0 radical (unpaired) electrons. The molecule has 3 fully saturated rings. The Balaban J connectivity index is 0.00000256. The van der Waals surface area contributed by atoms with Gasteiger partial charge in [0.1, 0.15) is 0 Å². The second-order valence-corrected chi connectivity index (χ2v) is 8.17. The molecule has 8 heteroatoms. The standard InChI is InChI=1S/C22H33N3O4.HI/c1-5-23-21(24-14-12-16(26-2)18(28-4)17(13-14)27-3)25-19-15-8-11-29-20(15)22(19)9-6-7-10-22;/h12-13,15,19-20H,5-11H2,1-4H3,(H2,23,24,25);1H. The van der Waals surface area contributed by atoms with Crippen LogP contribution in [0.4, 0.5) is 5.69 Å². The Morgan fingerprint density at radius 2 is 1.80 bits per heavy atom. The van der Waals surface area contributed by atoms with Gasteiger partial charge in [0, 0.05) is 48.3 Å². The van der Waals surface area contributed by atoms with Gasteiger partial charge in [-0.05, 0) is 26.2 Å². The number of nitrogens with one attached hydrogen (secondary N) is 2. The van der Waals surface area contributed by atoms with Crippen molar-refractivity contribution in [3.63, 3.8) is 0 Å². The van der Waals surface area contributed by atoms with Crippen LogP contribution in [0.15, 0.2) is 17.1 Å². The number of guanidine groups is 1. The van der Waals surface area contributed by atoms with Gasteiger partial charge in [0.2, 0.25) is 5.75 Å². The van der Waals surface area contributed by atoms with Crippen LogP contribution in [0, 0.1) is 11.3 Å². The molecule has 168 valence electrons. The van der Waals surface area contributed by atoms with E-state index in [2.05, 4.69) is 10.6 Å². The fourth-order valence-electron chi connectivity index (χ4n) is 5.62. The number of hydrogen-bond acceptors (Lipinski definition) is 5. The molecular formula is C22H34IN3O4. The number of ether oxygens (including phenoxy) is 4. The van der Waals surface area contributed by atoms with Gasteiger partial charge in [-0.15, -0.1) is 24.0 Å². The van der Waals surface area contributed by atoms with Crippen LogP contribution in [0.1, 0.15) is 39.0 Å². The van der Waals surface area contributed by atoms with Crippen molar-refractivity contribution in [2.45, 2.75) is 51.2 Å². The molecule has 1 aromatic rings. The molecule has 1 aromatic carbocycles. The van der Waals surface area contributed by atoms with Gasteiger partial charge >= 0.3 is 0 Å². The molecule has 0 amide bonds. The van der Waals surface area contributed by atoms with Crippen LogP contribution in [0.5, 0.6) is 17.2 Å². The Bertz CT molecular complexity index is 742. The zero-order chi connectivity index (χ0) is 20.4. The summed E-state index contributed by atoms with van der Waals surface area (Å²) in [6.45, 7) is 3.63. The molecule has 0 aromatic heterocycles.